The topological polar surface area (TPSA) is 64.9 Å². The molecule has 1 N–H and O–H groups in total. The number of aromatic nitrogens is 4. The van der Waals surface area contributed by atoms with Gasteiger partial charge in [-0.3, -0.25) is 0 Å². The van der Waals surface area contributed by atoms with Crippen molar-refractivity contribution in [3.63, 3.8) is 0 Å². The van der Waals surface area contributed by atoms with Crippen molar-refractivity contribution in [3.05, 3.63) is 30.1 Å². The summed E-state index contributed by atoms with van der Waals surface area (Å²) in [5, 5.41) is 15.5. The molecule has 2 heterocycles. The SMILES string of the molecule is COc1ccccc1-n1nnnc1CC1CCCN1. The van der Waals surface area contributed by atoms with E-state index in [1.165, 1.54) is 12.8 Å². The molecule has 0 bridgehead atoms. The molecule has 1 aromatic heterocycles. The summed E-state index contributed by atoms with van der Waals surface area (Å²) in [5.74, 6) is 1.64. The maximum absolute atomic E-state index is 5.36. The summed E-state index contributed by atoms with van der Waals surface area (Å²) in [7, 11) is 1.65. The van der Waals surface area contributed by atoms with Gasteiger partial charge < -0.3 is 10.1 Å². The summed E-state index contributed by atoms with van der Waals surface area (Å²) in [6.45, 7) is 1.08. The highest BCUT2D eigenvalue weighted by molar-refractivity contribution is 5.46. The first-order valence-corrected chi connectivity index (χ1v) is 6.52. The average molecular weight is 259 g/mol. The van der Waals surface area contributed by atoms with E-state index in [-0.39, 0.29) is 0 Å². The van der Waals surface area contributed by atoms with Crippen LogP contribution in [0.15, 0.2) is 24.3 Å². The largest absolute Gasteiger partial charge is 0.494 e. The molecular formula is C13H17N5O. The van der Waals surface area contributed by atoms with Crippen LogP contribution in [0, 0.1) is 0 Å². The molecular weight excluding hydrogens is 242 g/mol. The highest BCUT2D eigenvalue weighted by Gasteiger charge is 2.19. The maximum Gasteiger partial charge on any atom is 0.158 e. The molecule has 19 heavy (non-hydrogen) atoms. The molecule has 0 saturated carbocycles. The molecule has 0 spiro atoms. The van der Waals surface area contributed by atoms with Gasteiger partial charge >= 0.3 is 0 Å². The highest BCUT2D eigenvalue weighted by Crippen LogP contribution is 2.22. The van der Waals surface area contributed by atoms with Crippen LogP contribution in [0.5, 0.6) is 5.75 Å². The van der Waals surface area contributed by atoms with E-state index in [2.05, 4.69) is 20.8 Å². The zero-order valence-electron chi connectivity index (χ0n) is 10.9. The van der Waals surface area contributed by atoms with E-state index in [0.29, 0.717) is 6.04 Å². The van der Waals surface area contributed by atoms with Crippen LogP contribution in [0.25, 0.3) is 5.69 Å². The minimum Gasteiger partial charge on any atom is -0.494 e. The van der Waals surface area contributed by atoms with E-state index in [4.69, 9.17) is 4.74 Å². The van der Waals surface area contributed by atoms with Crippen LogP contribution in [0.1, 0.15) is 18.7 Å². The molecule has 0 aliphatic carbocycles. The van der Waals surface area contributed by atoms with Crippen molar-refractivity contribution in [2.24, 2.45) is 0 Å². The van der Waals surface area contributed by atoms with Gasteiger partial charge in [-0.25, -0.2) is 0 Å². The molecule has 1 saturated heterocycles. The van der Waals surface area contributed by atoms with E-state index in [0.717, 1.165) is 30.2 Å². The third kappa shape index (κ3) is 2.44. The summed E-state index contributed by atoms with van der Waals surface area (Å²) in [6.07, 6.45) is 3.24. The molecule has 0 radical (unpaired) electrons. The third-order valence-corrected chi connectivity index (χ3v) is 3.44. The Hall–Kier alpha value is -1.95. The molecule has 2 aromatic rings. The van der Waals surface area contributed by atoms with Gasteiger partial charge in [-0.1, -0.05) is 12.1 Å². The zero-order chi connectivity index (χ0) is 13.1. The van der Waals surface area contributed by atoms with Crippen LogP contribution >= 0.6 is 0 Å². The van der Waals surface area contributed by atoms with Crippen molar-refractivity contribution >= 4 is 0 Å². The number of tetrazole rings is 1. The lowest BCUT2D eigenvalue weighted by molar-refractivity contribution is 0.410. The van der Waals surface area contributed by atoms with Crippen molar-refractivity contribution in [2.45, 2.75) is 25.3 Å². The van der Waals surface area contributed by atoms with Crippen LogP contribution < -0.4 is 10.1 Å². The minimum atomic E-state index is 0.472. The summed E-state index contributed by atoms with van der Waals surface area (Å²) >= 11 is 0. The van der Waals surface area contributed by atoms with Gasteiger partial charge in [-0.2, -0.15) is 4.68 Å². The van der Waals surface area contributed by atoms with Gasteiger partial charge in [-0.05, 0) is 41.9 Å². The van der Waals surface area contributed by atoms with Crippen molar-refractivity contribution in [1.29, 1.82) is 0 Å². The van der Waals surface area contributed by atoms with Crippen LogP contribution in [0.3, 0.4) is 0 Å². The molecule has 1 unspecified atom stereocenters. The van der Waals surface area contributed by atoms with Gasteiger partial charge in [-0.15, -0.1) is 5.10 Å². The number of hydrogen-bond donors (Lipinski definition) is 1. The molecule has 1 aromatic carbocycles. The quantitative estimate of drug-likeness (QED) is 0.886. The lowest BCUT2D eigenvalue weighted by Crippen LogP contribution is -2.25. The van der Waals surface area contributed by atoms with Gasteiger partial charge in [0.05, 0.1) is 7.11 Å². The number of methoxy groups -OCH3 is 1. The molecule has 0 amide bonds. The predicted molar refractivity (Wildman–Crippen MR) is 70.4 cm³/mol. The van der Waals surface area contributed by atoms with Gasteiger partial charge in [0, 0.05) is 12.5 Å². The first-order valence-electron chi connectivity index (χ1n) is 6.52. The number of para-hydroxylation sites is 2. The van der Waals surface area contributed by atoms with E-state index in [1.807, 2.05) is 24.3 Å². The number of rotatable bonds is 4. The van der Waals surface area contributed by atoms with Crippen LogP contribution in [0.2, 0.25) is 0 Å². The molecule has 3 rings (SSSR count). The Morgan fingerprint density at radius 2 is 2.32 bits per heavy atom. The lowest BCUT2D eigenvalue weighted by Gasteiger charge is -2.12. The first-order chi connectivity index (χ1) is 9.38. The Morgan fingerprint density at radius 3 is 3.11 bits per heavy atom. The van der Waals surface area contributed by atoms with Crippen molar-refractivity contribution in [3.8, 4) is 11.4 Å². The lowest BCUT2D eigenvalue weighted by atomic mass is 10.1. The Kier molecular flexibility index (Phi) is 3.41. The second-order valence-electron chi connectivity index (χ2n) is 4.68. The average Bonchev–Trinajstić information content (AvgIpc) is 3.11. The second-order valence-corrected chi connectivity index (χ2v) is 4.68. The summed E-state index contributed by atoms with van der Waals surface area (Å²) in [5.41, 5.74) is 0.878. The predicted octanol–water partition coefficient (Wildman–Crippen LogP) is 0.965. The molecule has 1 aliphatic rings. The van der Waals surface area contributed by atoms with Crippen LogP contribution in [-0.2, 0) is 6.42 Å². The van der Waals surface area contributed by atoms with Crippen molar-refractivity contribution in [1.82, 2.24) is 25.5 Å². The summed E-state index contributed by atoms with van der Waals surface area (Å²) < 4.78 is 7.12. The zero-order valence-corrected chi connectivity index (χ0v) is 10.9. The number of nitrogens with zero attached hydrogens (tertiary/aromatic N) is 4. The molecule has 100 valence electrons. The second kappa shape index (κ2) is 5.36. The monoisotopic (exact) mass is 259 g/mol. The molecule has 1 fully saturated rings. The smallest absolute Gasteiger partial charge is 0.158 e. The number of ether oxygens (including phenoxy) is 1. The van der Waals surface area contributed by atoms with Crippen LogP contribution in [0.4, 0.5) is 0 Å². The van der Waals surface area contributed by atoms with Gasteiger partial charge in [0.2, 0.25) is 0 Å². The maximum atomic E-state index is 5.36. The number of nitrogens with one attached hydrogen (secondary N) is 1. The number of hydrogen-bond acceptors (Lipinski definition) is 5. The summed E-state index contributed by atoms with van der Waals surface area (Å²) in [4.78, 5) is 0. The Morgan fingerprint density at radius 1 is 1.42 bits per heavy atom. The molecule has 6 heteroatoms. The normalized spacial score (nSPS) is 18.7. The van der Waals surface area contributed by atoms with Crippen molar-refractivity contribution in [2.75, 3.05) is 13.7 Å². The van der Waals surface area contributed by atoms with E-state index in [1.54, 1.807) is 11.8 Å². The molecule has 1 atom stereocenters. The Balaban J connectivity index is 1.90. The Bertz CT molecular complexity index is 547. The van der Waals surface area contributed by atoms with E-state index in [9.17, 15) is 0 Å². The Labute approximate surface area is 111 Å². The fourth-order valence-electron chi connectivity index (χ4n) is 2.48. The number of benzene rings is 1. The summed E-state index contributed by atoms with van der Waals surface area (Å²) in [6, 6.07) is 8.23. The van der Waals surface area contributed by atoms with Gasteiger partial charge in [0.15, 0.2) is 5.82 Å². The van der Waals surface area contributed by atoms with E-state index >= 15 is 0 Å². The fourth-order valence-corrected chi connectivity index (χ4v) is 2.48. The molecule has 1 aliphatic heterocycles. The fraction of sp³-hybridized carbons (Fsp3) is 0.462. The first kappa shape index (κ1) is 12.1. The molecule has 6 nitrogen and oxygen atoms in total. The van der Waals surface area contributed by atoms with Gasteiger partial charge in [0.1, 0.15) is 11.4 Å². The van der Waals surface area contributed by atoms with Gasteiger partial charge in [0.25, 0.3) is 0 Å². The van der Waals surface area contributed by atoms with E-state index < -0.39 is 0 Å². The standard InChI is InChI=1S/C13H17N5O/c1-19-12-7-3-2-6-11(12)18-13(15-16-17-18)9-10-5-4-8-14-10/h2-3,6-7,10,14H,4-5,8-9H2,1H3. The minimum absolute atomic E-state index is 0.472. The van der Waals surface area contributed by atoms with Crippen LogP contribution in [-0.4, -0.2) is 39.9 Å². The third-order valence-electron chi connectivity index (χ3n) is 3.44. The van der Waals surface area contributed by atoms with Crippen molar-refractivity contribution < 1.29 is 4.74 Å². The highest BCUT2D eigenvalue weighted by atomic mass is 16.5.